The first-order valence-electron chi connectivity index (χ1n) is 6.82. The topological polar surface area (TPSA) is 80.0 Å². The molecule has 3 fully saturated rings. The number of hydrogen-bond donors (Lipinski definition) is 2. The Morgan fingerprint density at radius 2 is 1.91 bits per heavy atom. The molecule has 0 unspecified atom stereocenters. The number of benzene rings is 1. The van der Waals surface area contributed by atoms with Crippen molar-refractivity contribution in [3.8, 4) is 5.69 Å². The third-order valence-corrected chi connectivity index (χ3v) is 5.32. The summed E-state index contributed by atoms with van der Waals surface area (Å²) >= 11 is 9.36. The summed E-state index contributed by atoms with van der Waals surface area (Å²) in [5.41, 5.74) is 1.43. The van der Waals surface area contributed by atoms with Gasteiger partial charge in [0.05, 0.1) is 5.69 Å². The predicted molar refractivity (Wildman–Crippen MR) is 83.5 cm³/mol. The standard InChI is InChI=1S/C14H12BrClN4O2/c15-11-10(13-5-14(6-13,7-13)17-12(21)22)18-20(19-11)9-3-1-8(16)2-4-9/h1-4,17H,5-7H2,(H,21,22). The third-order valence-electron chi connectivity index (χ3n) is 4.53. The number of halogens is 2. The van der Waals surface area contributed by atoms with Gasteiger partial charge in [-0.25, -0.2) is 4.79 Å². The highest BCUT2D eigenvalue weighted by molar-refractivity contribution is 9.10. The lowest BCUT2D eigenvalue weighted by Crippen LogP contribution is -2.76. The van der Waals surface area contributed by atoms with Crippen molar-refractivity contribution >= 4 is 33.6 Å². The Labute approximate surface area is 139 Å². The van der Waals surface area contributed by atoms with Gasteiger partial charge in [-0.05, 0) is 59.5 Å². The lowest BCUT2D eigenvalue weighted by Gasteiger charge is -2.69. The summed E-state index contributed by atoms with van der Waals surface area (Å²) in [6.45, 7) is 0. The number of rotatable bonds is 3. The Hall–Kier alpha value is -1.60. The van der Waals surface area contributed by atoms with Gasteiger partial charge in [0, 0.05) is 16.0 Å². The van der Waals surface area contributed by atoms with E-state index in [9.17, 15) is 4.79 Å². The van der Waals surface area contributed by atoms with Gasteiger partial charge in [-0.2, -0.15) is 9.90 Å². The molecule has 2 aromatic rings. The SMILES string of the molecule is O=C(O)NC12CC(c3nn(-c4ccc(Cl)cc4)nc3Br)(C1)C2. The first-order chi connectivity index (χ1) is 10.4. The molecule has 2 bridgehead atoms. The minimum Gasteiger partial charge on any atom is -0.465 e. The Kier molecular flexibility index (Phi) is 2.84. The van der Waals surface area contributed by atoms with Crippen LogP contribution in [0.3, 0.4) is 0 Å². The van der Waals surface area contributed by atoms with Crippen molar-refractivity contribution < 1.29 is 9.90 Å². The van der Waals surface area contributed by atoms with Crippen LogP contribution in [0.5, 0.6) is 0 Å². The normalized spacial score (nSPS) is 28.6. The molecular weight excluding hydrogens is 372 g/mol. The van der Waals surface area contributed by atoms with E-state index in [0.717, 1.165) is 30.6 Å². The van der Waals surface area contributed by atoms with Gasteiger partial charge in [0.2, 0.25) is 0 Å². The molecule has 1 amide bonds. The molecule has 0 saturated heterocycles. The van der Waals surface area contributed by atoms with Crippen LogP contribution in [0.1, 0.15) is 25.0 Å². The van der Waals surface area contributed by atoms with Crippen molar-refractivity contribution in [3.63, 3.8) is 0 Å². The van der Waals surface area contributed by atoms with Crippen molar-refractivity contribution in [2.24, 2.45) is 0 Å². The summed E-state index contributed by atoms with van der Waals surface area (Å²) in [6.07, 6.45) is 1.38. The number of amides is 1. The molecule has 5 rings (SSSR count). The molecule has 3 saturated carbocycles. The van der Waals surface area contributed by atoms with Crippen LogP contribution in [0.4, 0.5) is 4.79 Å². The first kappa shape index (κ1) is 14.0. The molecule has 0 atom stereocenters. The van der Waals surface area contributed by atoms with E-state index in [-0.39, 0.29) is 11.0 Å². The lowest BCUT2D eigenvalue weighted by molar-refractivity contribution is -0.0854. The molecule has 114 valence electrons. The molecule has 3 aliphatic rings. The summed E-state index contributed by atoms with van der Waals surface area (Å²) < 4.78 is 0.714. The van der Waals surface area contributed by atoms with Gasteiger partial charge < -0.3 is 10.4 Å². The van der Waals surface area contributed by atoms with E-state index in [4.69, 9.17) is 16.7 Å². The van der Waals surface area contributed by atoms with E-state index >= 15 is 0 Å². The van der Waals surface area contributed by atoms with E-state index in [2.05, 4.69) is 31.4 Å². The van der Waals surface area contributed by atoms with Gasteiger partial charge in [0.15, 0.2) is 4.60 Å². The van der Waals surface area contributed by atoms with Crippen molar-refractivity contribution in [2.45, 2.75) is 30.2 Å². The molecule has 0 radical (unpaired) electrons. The van der Waals surface area contributed by atoms with Crippen LogP contribution in [-0.2, 0) is 5.41 Å². The van der Waals surface area contributed by atoms with E-state index < -0.39 is 6.09 Å². The number of nitrogens with zero attached hydrogens (tertiary/aromatic N) is 3. The fourth-order valence-corrected chi connectivity index (χ4v) is 4.48. The average molecular weight is 384 g/mol. The largest absolute Gasteiger partial charge is 0.465 e. The van der Waals surface area contributed by atoms with E-state index in [1.807, 2.05) is 12.1 Å². The van der Waals surface area contributed by atoms with Gasteiger partial charge in [-0.3, -0.25) is 0 Å². The van der Waals surface area contributed by atoms with Crippen LogP contribution < -0.4 is 5.32 Å². The molecule has 22 heavy (non-hydrogen) atoms. The van der Waals surface area contributed by atoms with Crippen LogP contribution >= 0.6 is 27.5 Å². The fourth-order valence-electron chi connectivity index (χ4n) is 3.70. The zero-order chi connectivity index (χ0) is 15.5. The van der Waals surface area contributed by atoms with Gasteiger partial charge in [0.25, 0.3) is 0 Å². The van der Waals surface area contributed by atoms with Crippen molar-refractivity contribution in [1.82, 2.24) is 20.3 Å². The van der Waals surface area contributed by atoms with E-state index in [1.54, 1.807) is 16.9 Å². The van der Waals surface area contributed by atoms with Gasteiger partial charge >= 0.3 is 6.09 Å². The summed E-state index contributed by atoms with van der Waals surface area (Å²) in [5, 5.41) is 21.1. The molecule has 0 aliphatic heterocycles. The van der Waals surface area contributed by atoms with Gasteiger partial charge in [0.1, 0.15) is 5.69 Å². The molecule has 3 aliphatic carbocycles. The maximum absolute atomic E-state index is 10.8. The minimum atomic E-state index is -0.961. The number of nitrogens with one attached hydrogen (secondary N) is 1. The molecule has 1 heterocycles. The van der Waals surface area contributed by atoms with E-state index in [0.29, 0.717) is 9.63 Å². The molecule has 8 heteroatoms. The quantitative estimate of drug-likeness (QED) is 0.853. The predicted octanol–water partition coefficient (Wildman–Crippen LogP) is 3.12. The summed E-state index contributed by atoms with van der Waals surface area (Å²) in [5.74, 6) is 0. The van der Waals surface area contributed by atoms with Crippen LogP contribution in [0.2, 0.25) is 5.02 Å². The average Bonchev–Trinajstić information content (AvgIpc) is 2.75. The highest BCUT2D eigenvalue weighted by atomic mass is 79.9. The fraction of sp³-hybridized carbons (Fsp3) is 0.357. The third kappa shape index (κ3) is 1.95. The smallest absolute Gasteiger partial charge is 0.405 e. The van der Waals surface area contributed by atoms with Crippen LogP contribution in [0.25, 0.3) is 5.69 Å². The monoisotopic (exact) mass is 382 g/mol. The molecule has 6 nitrogen and oxygen atoms in total. The molecular formula is C14H12BrClN4O2. The maximum atomic E-state index is 10.8. The summed E-state index contributed by atoms with van der Waals surface area (Å²) in [7, 11) is 0. The first-order valence-corrected chi connectivity index (χ1v) is 7.99. The molecule has 1 aromatic heterocycles. The van der Waals surface area contributed by atoms with E-state index in [1.165, 1.54) is 0 Å². The second kappa shape index (κ2) is 4.45. The summed E-state index contributed by atoms with van der Waals surface area (Å²) in [6, 6.07) is 7.29. The molecule has 1 aromatic carbocycles. The second-order valence-corrected chi connectivity index (χ2v) is 7.31. The zero-order valence-corrected chi connectivity index (χ0v) is 13.7. The maximum Gasteiger partial charge on any atom is 0.405 e. The summed E-state index contributed by atoms with van der Waals surface area (Å²) in [4.78, 5) is 12.4. The van der Waals surface area contributed by atoms with Crippen molar-refractivity contribution in [2.75, 3.05) is 0 Å². The number of aromatic nitrogens is 3. The van der Waals surface area contributed by atoms with Crippen molar-refractivity contribution in [3.05, 3.63) is 39.6 Å². The number of carbonyl (C=O) groups is 1. The Bertz CT molecular complexity index is 754. The van der Waals surface area contributed by atoms with Crippen LogP contribution in [0, 0.1) is 0 Å². The van der Waals surface area contributed by atoms with Crippen LogP contribution in [0.15, 0.2) is 28.9 Å². The number of carboxylic acid groups (broad SMARTS) is 1. The Balaban J connectivity index is 1.58. The Morgan fingerprint density at radius 3 is 2.50 bits per heavy atom. The Morgan fingerprint density at radius 1 is 1.27 bits per heavy atom. The number of hydrogen-bond acceptors (Lipinski definition) is 3. The highest BCUT2D eigenvalue weighted by Gasteiger charge is 2.71. The van der Waals surface area contributed by atoms with Gasteiger partial charge in [-0.1, -0.05) is 11.6 Å². The second-order valence-electron chi connectivity index (χ2n) is 6.13. The van der Waals surface area contributed by atoms with Gasteiger partial charge in [-0.15, -0.1) is 5.10 Å². The lowest BCUT2D eigenvalue weighted by atomic mass is 9.38. The molecule has 0 spiro atoms. The van der Waals surface area contributed by atoms with Crippen molar-refractivity contribution in [1.29, 1.82) is 0 Å². The minimum absolute atomic E-state index is 0.0496. The molecule has 2 N–H and O–H groups in total. The zero-order valence-electron chi connectivity index (χ0n) is 11.4. The van der Waals surface area contributed by atoms with Crippen LogP contribution in [-0.4, -0.2) is 31.7 Å². The highest BCUT2D eigenvalue weighted by Crippen LogP contribution is 2.68.